The minimum Gasteiger partial charge on any atom is -0.473 e. The van der Waals surface area contributed by atoms with Crippen LogP contribution < -0.4 is 10.5 Å². The number of halogens is 3. The van der Waals surface area contributed by atoms with Crippen LogP contribution in [0, 0.1) is 31.3 Å². The van der Waals surface area contributed by atoms with Crippen LogP contribution in [-0.4, -0.2) is 20.9 Å². The van der Waals surface area contributed by atoms with Gasteiger partial charge in [0.2, 0.25) is 5.88 Å². The topological polar surface area (TPSA) is 69.6 Å². The Labute approximate surface area is 185 Å². The zero-order valence-corrected chi connectivity index (χ0v) is 18.8. The molecule has 0 amide bonds. The summed E-state index contributed by atoms with van der Waals surface area (Å²) < 4.78 is 48.5. The van der Waals surface area contributed by atoms with Crippen molar-refractivity contribution < 1.29 is 22.7 Å². The molecule has 2 heterocycles. The molecular formula is C24H28F3N3O2. The third kappa shape index (κ3) is 4.96. The molecule has 2 aromatic heterocycles. The predicted octanol–water partition coefficient (Wildman–Crippen LogP) is 5.43. The van der Waals surface area contributed by atoms with E-state index in [-0.39, 0.29) is 18.1 Å². The number of fused-ring (bicyclic) bond motifs is 1. The van der Waals surface area contributed by atoms with Crippen molar-refractivity contribution in [3.8, 4) is 5.88 Å². The van der Waals surface area contributed by atoms with Crippen LogP contribution in [0.1, 0.15) is 66.7 Å². The standard InChI is InChI=1S/C24H28F3N3O2/c1-5-9-24(4,28)10-8-20(31)22-15(3)29-30-19(22)11-14(2)12-21(30)32-13-16-17(25)6-7-18(26)23(16)27/h6-7,11-12H,5,8-10,13,28H2,1-4H3. The molecule has 32 heavy (non-hydrogen) atoms. The fourth-order valence-electron chi connectivity index (χ4n) is 3.87. The number of benzene rings is 1. The second kappa shape index (κ2) is 9.32. The number of nitrogens with zero attached hydrogens (tertiary/aromatic N) is 2. The summed E-state index contributed by atoms with van der Waals surface area (Å²) in [6, 6.07) is 5.01. The Kier molecular flexibility index (Phi) is 6.93. The predicted molar refractivity (Wildman–Crippen MR) is 116 cm³/mol. The molecule has 172 valence electrons. The van der Waals surface area contributed by atoms with E-state index in [2.05, 4.69) is 5.10 Å². The van der Waals surface area contributed by atoms with Gasteiger partial charge in [-0.25, -0.2) is 17.7 Å². The molecule has 0 aliphatic rings. The SMILES string of the molecule is CCCC(C)(N)CCC(=O)c1c(C)nn2c(OCc3c(F)ccc(F)c3F)cc(C)cc12. The molecule has 1 atom stereocenters. The maximum absolute atomic E-state index is 14.0. The van der Waals surface area contributed by atoms with Gasteiger partial charge in [-0.05, 0) is 57.4 Å². The van der Waals surface area contributed by atoms with Gasteiger partial charge in [-0.1, -0.05) is 13.3 Å². The fraction of sp³-hybridized carbons (Fsp3) is 0.417. The normalized spacial score (nSPS) is 13.4. The zero-order chi connectivity index (χ0) is 23.6. The van der Waals surface area contributed by atoms with Crippen LogP contribution in [-0.2, 0) is 6.61 Å². The molecule has 1 unspecified atom stereocenters. The van der Waals surface area contributed by atoms with E-state index >= 15 is 0 Å². The summed E-state index contributed by atoms with van der Waals surface area (Å²) in [5, 5.41) is 4.41. The van der Waals surface area contributed by atoms with Crippen molar-refractivity contribution in [2.45, 2.75) is 65.5 Å². The minimum absolute atomic E-state index is 0.0796. The Morgan fingerprint density at radius 2 is 1.84 bits per heavy atom. The second-order valence-electron chi connectivity index (χ2n) is 8.57. The Morgan fingerprint density at radius 1 is 1.16 bits per heavy atom. The number of ketones is 1. The summed E-state index contributed by atoms with van der Waals surface area (Å²) in [5.74, 6) is -3.24. The van der Waals surface area contributed by atoms with Crippen molar-refractivity contribution in [2.75, 3.05) is 0 Å². The van der Waals surface area contributed by atoms with Crippen LogP contribution in [0.15, 0.2) is 24.3 Å². The van der Waals surface area contributed by atoms with Crippen LogP contribution >= 0.6 is 0 Å². The number of carbonyl (C=O) groups is 1. The Bertz CT molecular complexity index is 1160. The third-order valence-electron chi connectivity index (χ3n) is 5.55. The molecule has 8 heteroatoms. The first-order valence-corrected chi connectivity index (χ1v) is 10.6. The van der Waals surface area contributed by atoms with Crippen molar-refractivity contribution in [1.29, 1.82) is 0 Å². The van der Waals surface area contributed by atoms with Gasteiger partial charge in [-0.3, -0.25) is 4.79 Å². The largest absolute Gasteiger partial charge is 0.473 e. The molecule has 1 aromatic carbocycles. The first kappa shape index (κ1) is 23.8. The van der Waals surface area contributed by atoms with Gasteiger partial charge >= 0.3 is 0 Å². The quantitative estimate of drug-likeness (QED) is 0.351. The molecule has 2 N–H and O–H groups in total. The number of carbonyl (C=O) groups excluding carboxylic acids is 1. The van der Waals surface area contributed by atoms with Crippen LogP contribution in [0.5, 0.6) is 5.88 Å². The number of aromatic nitrogens is 2. The smallest absolute Gasteiger partial charge is 0.215 e. The summed E-state index contributed by atoms with van der Waals surface area (Å²) >= 11 is 0. The van der Waals surface area contributed by atoms with Gasteiger partial charge < -0.3 is 10.5 Å². The Hall–Kier alpha value is -2.87. The lowest BCUT2D eigenvalue weighted by Gasteiger charge is -2.23. The summed E-state index contributed by atoms with van der Waals surface area (Å²) in [6.07, 6.45) is 2.57. The van der Waals surface area contributed by atoms with Crippen molar-refractivity contribution in [2.24, 2.45) is 5.73 Å². The molecule has 5 nitrogen and oxygen atoms in total. The molecular weight excluding hydrogens is 419 g/mol. The van der Waals surface area contributed by atoms with Gasteiger partial charge in [0.25, 0.3) is 0 Å². The van der Waals surface area contributed by atoms with E-state index in [4.69, 9.17) is 10.5 Å². The number of aryl methyl sites for hydroxylation is 2. The van der Waals surface area contributed by atoms with E-state index < -0.39 is 35.2 Å². The maximum atomic E-state index is 14.0. The number of pyridine rings is 1. The molecule has 3 rings (SSSR count). The van der Waals surface area contributed by atoms with E-state index in [1.54, 1.807) is 19.1 Å². The van der Waals surface area contributed by atoms with E-state index in [1.165, 1.54) is 4.52 Å². The summed E-state index contributed by atoms with van der Waals surface area (Å²) in [6.45, 7) is 6.99. The average molecular weight is 448 g/mol. The van der Waals surface area contributed by atoms with E-state index in [9.17, 15) is 18.0 Å². The van der Waals surface area contributed by atoms with Crippen LogP contribution in [0.2, 0.25) is 0 Å². The lowest BCUT2D eigenvalue weighted by atomic mass is 9.89. The van der Waals surface area contributed by atoms with Gasteiger partial charge in [-0.15, -0.1) is 0 Å². The van der Waals surface area contributed by atoms with Crippen LogP contribution in [0.4, 0.5) is 13.2 Å². The molecule has 0 bridgehead atoms. The Morgan fingerprint density at radius 3 is 2.53 bits per heavy atom. The molecule has 3 aromatic rings. The van der Waals surface area contributed by atoms with E-state index in [1.807, 2.05) is 20.8 Å². The lowest BCUT2D eigenvalue weighted by molar-refractivity contribution is 0.0971. The summed E-state index contributed by atoms with van der Waals surface area (Å²) in [7, 11) is 0. The van der Waals surface area contributed by atoms with Crippen molar-refractivity contribution in [3.63, 3.8) is 0 Å². The first-order chi connectivity index (χ1) is 15.0. The summed E-state index contributed by atoms with van der Waals surface area (Å²) in [4.78, 5) is 13.0. The van der Waals surface area contributed by atoms with Gasteiger partial charge in [0.05, 0.1) is 22.3 Å². The zero-order valence-electron chi connectivity index (χ0n) is 18.8. The highest BCUT2D eigenvalue weighted by Crippen LogP contribution is 2.27. The van der Waals surface area contributed by atoms with Gasteiger partial charge in [-0.2, -0.15) is 5.10 Å². The third-order valence-corrected chi connectivity index (χ3v) is 5.55. The van der Waals surface area contributed by atoms with Crippen molar-refractivity contribution in [1.82, 2.24) is 9.61 Å². The fourth-order valence-corrected chi connectivity index (χ4v) is 3.87. The number of nitrogens with two attached hydrogens (primary N) is 1. The van der Waals surface area contributed by atoms with Gasteiger partial charge in [0.15, 0.2) is 17.4 Å². The highest BCUT2D eigenvalue weighted by Gasteiger charge is 2.24. The molecule has 0 saturated heterocycles. The second-order valence-corrected chi connectivity index (χ2v) is 8.57. The van der Waals surface area contributed by atoms with E-state index in [0.717, 1.165) is 30.5 Å². The average Bonchev–Trinajstić information content (AvgIpc) is 3.05. The number of rotatable bonds is 9. The van der Waals surface area contributed by atoms with Crippen molar-refractivity contribution >= 4 is 11.3 Å². The van der Waals surface area contributed by atoms with Crippen LogP contribution in [0.3, 0.4) is 0 Å². The van der Waals surface area contributed by atoms with E-state index in [0.29, 0.717) is 23.2 Å². The van der Waals surface area contributed by atoms with Gasteiger partial charge in [0.1, 0.15) is 12.4 Å². The Balaban J connectivity index is 1.91. The molecule has 0 aliphatic carbocycles. The molecule has 0 aliphatic heterocycles. The van der Waals surface area contributed by atoms with Crippen molar-refractivity contribution in [3.05, 3.63) is 64.1 Å². The monoisotopic (exact) mass is 447 g/mol. The summed E-state index contributed by atoms with van der Waals surface area (Å²) in [5.41, 5.74) is 7.63. The maximum Gasteiger partial charge on any atom is 0.215 e. The number of hydrogen-bond donors (Lipinski definition) is 1. The molecule has 0 radical (unpaired) electrons. The molecule has 0 spiro atoms. The number of Topliss-reactive ketones (excluding diaryl/α,β-unsaturated/α-hetero) is 1. The molecule has 0 fully saturated rings. The highest BCUT2D eigenvalue weighted by atomic mass is 19.2. The number of hydrogen-bond acceptors (Lipinski definition) is 4. The number of ether oxygens (including phenoxy) is 1. The van der Waals surface area contributed by atoms with Crippen LogP contribution in [0.25, 0.3) is 5.52 Å². The first-order valence-electron chi connectivity index (χ1n) is 10.6. The lowest BCUT2D eigenvalue weighted by Crippen LogP contribution is -2.36. The molecule has 0 saturated carbocycles. The van der Waals surface area contributed by atoms with Gasteiger partial charge in [0, 0.05) is 18.0 Å². The highest BCUT2D eigenvalue weighted by molar-refractivity contribution is 6.03. The minimum atomic E-state index is -1.29.